The van der Waals surface area contributed by atoms with Gasteiger partial charge in [0.15, 0.2) is 0 Å². The van der Waals surface area contributed by atoms with Gasteiger partial charge in [-0.2, -0.15) is 0 Å². The fourth-order valence-electron chi connectivity index (χ4n) is 2.00. The Hall–Kier alpha value is -2.16. The van der Waals surface area contributed by atoms with E-state index in [-0.39, 0.29) is 5.82 Å². The summed E-state index contributed by atoms with van der Waals surface area (Å²) in [5.41, 5.74) is 9.08. The first-order chi connectivity index (χ1) is 9.08. The van der Waals surface area contributed by atoms with Gasteiger partial charge < -0.3 is 5.73 Å². The van der Waals surface area contributed by atoms with Gasteiger partial charge in [0.2, 0.25) is 0 Å². The van der Waals surface area contributed by atoms with Gasteiger partial charge in [-0.3, -0.25) is 4.99 Å². The van der Waals surface area contributed by atoms with E-state index in [2.05, 4.69) is 4.99 Å². The molecule has 0 heterocycles. The van der Waals surface area contributed by atoms with E-state index in [1.165, 1.54) is 0 Å². The normalized spacial score (nSPS) is 11.6. The Morgan fingerprint density at radius 2 is 1.68 bits per heavy atom. The predicted octanol–water partition coefficient (Wildman–Crippen LogP) is 3.35. The lowest BCUT2D eigenvalue weighted by atomic mass is 10.1. The van der Waals surface area contributed by atoms with Crippen LogP contribution >= 0.6 is 0 Å². The molecule has 0 bridgehead atoms. The minimum absolute atomic E-state index is 0.149. The van der Waals surface area contributed by atoms with E-state index >= 15 is 0 Å². The summed E-state index contributed by atoms with van der Waals surface area (Å²) in [6.45, 7) is 3.98. The fourth-order valence-corrected chi connectivity index (χ4v) is 2.00. The molecule has 2 N–H and O–H groups in total. The largest absolute Gasteiger partial charge is 0.383 e. The molecular formula is C16H17FN2. The first kappa shape index (κ1) is 13.3. The van der Waals surface area contributed by atoms with Crippen molar-refractivity contribution < 1.29 is 4.39 Å². The number of halogens is 1. The molecule has 0 aromatic heterocycles. The molecule has 0 radical (unpaired) electrons. The topological polar surface area (TPSA) is 38.4 Å². The van der Waals surface area contributed by atoms with E-state index in [4.69, 9.17) is 5.73 Å². The number of hydrogen-bond donors (Lipinski definition) is 1. The van der Waals surface area contributed by atoms with Gasteiger partial charge in [0, 0.05) is 5.56 Å². The molecule has 19 heavy (non-hydrogen) atoms. The highest BCUT2D eigenvalue weighted by Crippen LogP contribution is 2.15. The van der Waals surface area contributed by atoms with Crippen molar-refractivity contribution in [1.29, 1.82) is 0 Å². The number of hydrogen-bond acceptors (Lipinski definition) is 1. The fraction of sp³-hybridized carbons (Fsp3) is 0.188. The van der Waals surface area contributed by atoms with Crippen LogP contribution in [-0.2, 0) is 6.54 Å². The first-order valence-corrected chi connectivity index (χ1v) is 6.19. The lowest BCUT2D eigenvalue weighted by Gasteiger charge is -2.05. The SMILES string of the molecule is Cc1cc(CN=C(N)c2ccccc2)cc(C)c1F. The number of benzene rings is 2. The summed E-state index contributed by atoms with van der Waals surface area (Å²) >= 11 is 0. The van der Waals surface area contributed by atoms with Gasteiger partial charge in [0.25, 0.3) is 0 Å². The Bertz CT molecular complexity index is 580. The molecule has 0 aliphatic carbocycles. The average Bonchev–Trinajstić information content (AvgIpc) is 2.43. The molecule has 0 fully saturated rings. The highest BCUT2D eigenvalue weighted by Gasteiger charge is 2.04. The average molecular weight is 256 g/mol. The molecule has 2 aromatic carbocycles. The molecule has 2 nitrogen and oxygen atoms in total. The standard InChI is InChI=1S/C16H17FN2/c1-11-8-13(9-12(2)15(11)17)10-19-16(18)14-6-4-3-5-7-14/h3-9H,10H2,1-2H3,(H2,18,19). The molecule has 0 unspecified atom stereocenters. The van der Waals surface area contributed by atoms with Gasteiger partial charge in [-0.05, 0) is 30.5 Å². The summed E-state index contributed by atoms with van der Waals surface area (Å²) in [6.07, 6.45) is 0. The quantitative estimate of drug-likeness (QED) is 0.663. The van der Waals surface area contributed by atoms with Gasteiger partial charge in [-0.25, -0.2) is 4.39 Å². The van der Waals surface area contributed by atoms with Crippen molar-refractivity contribution in [3.05, 3.63) is 70.5 Å². The molecule has 3 heteroatoms. The number of nitrogens with two attached hydrogens (primary N) is 1. The van der Waals surface area contributed by atoms with E-state index in [1.54, 1.807) is 13.8 Å². The van der Waals surface area contributed by atoms with E-state index in [0.717, 1.165) is 11.1 Å². The molecule has 0 saturated carbocycles. The summed E-state index contributed by atoms with van der Waals surface area (Å²) in [6, 6.07) is 13.2. The number of nitrogens with zero attached hydrogens (tertiary/aromatic N) is 1. The molecule has 0 aliphatic rings. The smallest absolute Gasteiger partial charge is 0.129 e. The molecule has 0 saturated heterocycles. The number of aliphatic imine (C=N–C) groups is 1. The number of amidine groups is 1. The molecule has 2 aromatic rings. The third kappa shape index (κ3) is 3.19. The van der Waals surface area contributed by atoms with Crippen LogP contribution < -0.4 is 5.73 Å². The third-order valence-corrected chi connectivity index (χ3v) is 3.00. The molecule has 0 spiro atoms. The highest BCUT2D eigenvalue weighted by molar-refractivity contribution is 5.97. The van der Waals surface area contributed by atoms with Crippen LogP contribution in [0.15, 0.2) is 47.5 Å². The minimum Gasteiger partial charge on any atom is -0.383 e. The Morgan fingerprint density at radius 3 is 2.26 bits per heavy atom. The highest BCUT2D eigenvalue weighted by atomic mass is 19.1. The third-order valence-electron chi connectivity index (χ3n) is 3.00. The second-order valence-corrected chi connectivity index (χ2v) is 4.61. The second-order valence-electron chi connectivity index (χ2n) is 4.61. The van der Waals surface area contributed by atoms with Crippen LogP contribution in [0.25, 0.3) is 0 Å². The van der Waals surface area contributed by atoms with Crippen LogP contribution in [0.3, 0.4) is 0 Å². The van der Waals surface area contributed by atoms with Crippen LogP contribution in [0.2, 0.25) is 0 Å². The van der Waals surface area contributed by atoms with E-state index in [9.17, 15) is 4.39 Å². The van der Waals surface area contributed by atoms with Crippen molar-refractivity contribution in [3.63, 3.8) is 0 Å². The first-order valence-electron chi connectivity index (χ1n) is 6.19. The zero-order chi connectivity index (χ0) is 13.8. The lowest BCUT2D eigenvalue weighted by molar-refractivity contribution is 0.608. The molecule has 0 atom stereocenters. The zero-order valence-corrected chi connectivity index (χ0v) is 11.2. The van der Waals surface area contributed by atoms with Crippen molar-refractivity contribution in [3.8, 4) is 0 Å². The van der Waals surface area contributed by atoms with Gasteiger partial charge >= 0.3 is 0 Å². The van der Waals surface area contributed by atoms with E-state index in [0.29, 0.717) is 23.5 Å². The van der Waals surface area contributed by atoms with Gasteiger partial charge in [0.1, 0.15) is 11.7 Å². The monoisotopic (exact) mass is 256 g/mol. The van der Waals surface area contributed by atoms with Crippen molar-refractivity contribution in [2.75, 3.05) is 0 Å². The second kappa shape index (κ2) is 5.65. The molecule has 0 aliphatic heterocycles. The van der Waals surface area contributed by atoms with Crippen LogP contribution in [-0.4, -0.2) is 5.84 Å². The summed E-state index contributed by atoms with van der Waals surface area (Å²) in [4.78, 5) is 4.35. The maximum Gasteiger partial charge on any atom is 0.129 e. The Balaban J connectivity index is 2.19. The Kier molecular flexibility index (Phi) is 3.95. The zero-order valence-electron chi connectivity index (χ0n) is 11.2. The van der Waals surface area contributed by atoms with Gasteiger partial charge in [-0.15, -0.1) is 0 Å². The van der Waals surface area contributed by atoms with Crippen molar-refractivity contribution >= 4 is 5.84 Å². The Morgan fingerprint density at radius 1 is 1.11 bits per heavy atom. The summed E-state index contributed by atoms with van der Waals surface area (Å²) in [7, 11) is 0. The summed E-state index contributed by atoms with van der Waals surface area (Å²) in [5.74, 6) is 0.351. The molecular weight excluding hydrogens is 239 g/mol. The lowest BCUT2D eigenvalue weighted by Crippen LogP contribution is -2.13. The van der Waals surface area contributed by atoms with Gasteiger partial charge in [0.05, 0.1) is 6.54 Å². The number of rotatable bonds is 3. The van der Waals surface area contributed by atoms with Crippen molar-refractivity contribution in [1.82, 2.24) is 0 Å². The summed E-state index contributed by atoms with van der Waals surface area (Å²) in [5, 5.41) is 0. The summed E-state index contributed by atoms with van der Waals surface area (Å²) < 4.78 is 13.5. The van der Waals surface area contributed by atoms with E-state index < -0.39 is 0 Å². The maximum absolute atomic E-state index is 13.5. The van der Waals surface area contributed by atoms with Crippen LogP contribution in [0, 0.1) is 19.7 Å². The molecule has 98 valence electrons. The Labute approximate surface area is 112 Å². The maximum atomic E-state index is 13.5. The van der Waals surface area contributed by atoms with Crippen LogP contribution in [0.4, 0.5) is 4.39 Å². The van der Waals surface area contributed by atoms with Crippen molar-refractivity contribution in [2.45, 2.75) is 20.4 Å². The minimum atomic E-state index is -0.149. The van der Waals surface area contributed by atoms with Crippen molar-refractivity contribution in [2.24, 2.45) is 10.7 Å². The van der Waals surface area contributed by atoms with Crippen LogP contribution in [0.5, 0.6) is 0 Å². The molecule has 2 rings (SSSR count). The van der Waals surface area contributed by atoms with Crippen LogP contribution in [0.1, 0.15) is 22.3 Å². The van der Waals surface area contributed by atoms with Gasteiger partial charge in [-0.1, -0.05) is 42.5 Å². The number of aryl methyl sites for hydroxylation is 2. The van der Waals surface area contributed by atoms with E-state index in [1.807, 2.05) is 42.5 Å². The molecule has 0 amide bonds. The predicted molar refractivity (Wildman–Crippen MR) is 76.7 cm³/mol.